The number of nitrogens with zero attached hydrogens (tertiary/aromatic N) is 2. The number of amides is 2. The van der Waals surface area contributed by atoms with Gasteiger partial charge >= 0.3 is 0 Å². The first-order valence-corrected chi connectivity index (χ1v) is 9.92. The van der Waals surface area contributed by atoms with Crippen LogP contribution in [-0.4, -0.2) is 26.6 Å². The number of rotatable bonds is 4. The van der Waals surface area contributed by atoms with Crippen LogP contribution < -0.4 is 16.6 Å². The highest BCUT2D eigenvalue weighted by atomic mass is 35.5. The molecule has 1 aliphatic carbocycles. The van der Waals surface area contributed by atoms with Crippen LogP contribution in [0.2, 0.25) is 5.15 Å². The Kier molecular flexibility index (Phi) is 5.17. The summed E-state index contributed by atoms with van der Waals surface area (Å²) in [5, 5.41) is 7.59. The zero-order valence-corrected chi connectivity index (χ0v) is 17.0. The van der Waals surface area contributed by atoms with Gasteiger partial charge in [-0.2, -0.15) is 5.10 Å². The molecule has 4 N–H and O–H groups in total. The molecule has 1 unspecified atom stereocenters. The van der Waals surface area contributed by atoms with Crippen molar-refractivity contribution in [3.05, 3.63) is 80.0 Å². The molecule has 0 fully saturated rings. The van der Waals surface area contributed by atoms with Crippen molar-refractivity contribution >= 4 is 23.4 Å². The van der Waals surface area contributed by atoms with Crippen LogP contribution in [0, 0.1) is 6.92 Å². The lowest BCUT2D eigenvalue weighted by Crippen LogP contribution is -2.34. The molecule has 1 aromatic carbocycles. The van der Waals surface area contributed by atoms with E-state index in [1.807, 2.05) is 30.3 Å². The Morgan fingerprint density at radius 1 is 1.30 bits per heavy atom. The summed E-state index contributed by atoms with van der Waals surface area (Å²) in [6.45, 7) is 1.72. The predicted octanol–water partition coefficient (Wildman–Crippen LogP) is 2.43. The monoisotopic (exact) mass is 425 g/mol. The first kappa shape index (κ1) is 19.9. The van der Waals surface area contributed by atoms with Gasteiger partial charge in [-0.1, -0.05) is 29.8 Å². The van der Waals surface area contributed by atoms with Crippen molar-refractivity contribution in [1.29, 1.82) is 0 Å². The highest BCUT2D eigenvalue weighted by Gasteiger charge is 2.28. The van der Waals surface area contributed by atoms with Gasteiger partial charge < -0.3 is 16.0 Å². The molecule has 8 nitrogen and oxygen atoms in total. The number of primary amides is 1. The number of aromatic amines is 1. The van der Waals surface area contributed by atoms with Crippen LogP contribution in [0.15, 0.2) is 41.2 Å². The Morgan fingerprint density at radius 3 is 2.73 bits per heavy atom. The molecule has 0 bridgehead atoms. The minimum atomic E-state index is -0.808. The van der Waals surface area contributed by atoms with Crippen LogP contribution in [0.25, 0.3) is 5.69 Å². The summed E-state index contributed by atoms with van der Waals surface area (Å²) in [7, 11) is 0. The number of aryl methyl sites for hydroxylation is 2. The number of fused-ring (bicyclic) bond motifs is 1. The Hall–Kier alpha value is -3.39. The van der Waals surface area contributed by atoms with E-state index < -0.39 is 11.5 Å². The summed E-state index contributed by atoms with van der Waals surface area (Å²) in [5.74, 6) is -1.18. The molecule has 154 valence electrons. The number of hydrogen-bond donors (Lipinski definition) is 3. The molecule has 0 spiro atoms. The van der Waals surface area contributed by atoms with Crippen molar-refractivity contribution in [3.8, 4) is 5.69 Å². The fourth-order valence-electron chi connectivity index (χ4n) is 3.80. The first-order valence-electron chi connectivity index (χ1n) is 9.54. The van der Waals surface area contributed by atoms with Crippen molar-refractivity contribution in [2.75, 3.05) is 0 Å². The van der Waals surface area contributed by atoms with Crippen molar-refractivity contribution < 1.29 is 9.59 Å². The van der Waals surface area contributed by atoms with E-state index in [-0.39, 0.29) is 28.2 Å². The SMILES string of the molecule is Cc1nn(-c2ccccc2)c(Cl)c1C(=O)NC1CCCc2[nH]c(=O)c(C(N)=O)cc21. The zero-order valence-electron chi connectivity index (χ0n) is 16.2. The molecular formula is C21H20ClN5O3. The minimum absolute atomic E-state index is 0.124. The largest absolute Gasteiger partial charge is 0.365 e. The number of hydrogen-bond acceptors (Lipinski definition) is 4. The topological polar surface area (TPSA) is 123 Å². The Balaban J connectivity index is 1.67. The highest BCUT2D eigenvalue weighted by molar-refractivity contribution is 6.33. The van der Waals surface area contributed by atoms with Gasteiger partial charge in [-0.15, -0.1) is 0 Å². The number of pyridine rings is 1. The Bertz CT molecular complexity index is 1200. The van der Waals surface area contributed by atoms with Gasteiger partial charge in [0.25, 0.3) is 17.4 Å². The van der Waals surface area contributed by atoms with Crippen LogP contribution in [0.1, 0.15) is 56.6 Å². The predicted molar refractivity (Wildman–Crippen MR) is 112 cm³/mol. The molecule has 2 amide bonds. The Labute approximate surface area is 177 Å². The molecule has 4 rings (SSSR count). The van der Waals surface area contributed by atoms with E-state index in [2.05, 4.69) is 15.4 Å². The number of halogens is 1. The number of H-pyrrole nitrogens is 1. The smallest absolute Gasteiger partial charge is 0.261 e. The summed E-state index contributed by atoms with van der Waals surface area (Å²) < 4.78 is 1.52. The lowest BCUT2D eigenvalue weighted by molar-refractivity contribution is 0.0932. The van der Waals surface area contributed by atoms with Crippen LogP contribution in [0.4, 0.5) is 0 Å². The van der Waals surface area contributed by atoms with E-state index in [9.17, 15) is 14.4 Å². The van der Waals surface area contributed by atoms with Gasteiger partial charge in [-0.05, 0) is 49.9 Å². The molecule has 30 heavy (non-hydrogen) atoms. The Morgan fingerprint density at radius 2 is 2.03 bits per heavy atom. The van der Waals surface area contributed by atoms with Crippen LogP contribution in [0.3, 0.4) is 0 Å². The maximum absolute atomic E-state index is 13.1. The number of aromatic nitrogens is 3. The molecule has 0 saturated heterocycles. The summed E-state index contributed by atoms with van der Waals surface area (Å²) >= 11 is 6.50. The lowest BCUT2D eigenvalue weighted by atomic mass is 9.90. The molecule has 2 heterocycles. The summed E-state index contributed by atoms with van der Waals surface area (Å²) in [6.07, 6.45) is 2.09. The number of benzene rings is 1. The maximum atomic E-state index is 13.1. The van der Waals surface area contributed by atoms with Crippen molar-refractivity contribution in [3.63, 3.8) is 0 Å². The van der Waals surface area contributed by atoms with Gasteiger partial charge in [-0.25, -0.2) is 4.68 Å². The van der Waals surface area contributed by atoms with Gasteiger partial charge in [0.05, 0.1) is 23.0 Å². The average Bonchev–Trinajstić information content (AvgIpc) is 3.02. The number of carbonyl (C=O) groups is 2. The van der Waals surface area contributed by atoms with E-state index >= 15 is 0 Å². The molecule has 0 radical (unpaired) electrons. The van der Waals surface area contributed by atoms with Gasteiger partial charge in [0.1, 0.15) is 10.7 Å². The van der Waals surface area contributed by atoms with Crippen molar-refractivity contribution in [2.24, 2.45) is 5.73 Å². The van der Waals surface area contributed by atoms with E-state index in [0.29, 0.717) is 29.8 Å². The van der Waals surface area contributed by atoms with Gasteiger partial charge in [0.15, 0.2) is 0 Å². The van der Waals surface area contributed by atoms with Gasteiger partial charge in [-0.3, -0.25) is 14.4 Å². The molecular weight excluding hydrogens is 406 g/mol. The molecule has 1 aliphatic rings. The third-order valence-corrected chi connectivity index (χ3v) is 5.60. The van der Waals surface area contributed by atoms with E-state index in [0.717, 1.165) is 12.1 Å². The molecule has 9 heteroatoms. The number of para-hydroxylation sites is 1. The van der Waals surface area contributed by atoms with Gasteiger partial charge in [0.2, 0.25) is 0 Å². The summed E-state index contributed by atoms with van der Waals surface area (Å²) in [4.78, 5) is 39.4. The molecule has 1 atom stereocenters. The zero-order chi connectivity index (χ0) is 21.4. The van der Waals surface area contributed by atoms with Crippen molar-refractivity contribution in [2.45, 2.75) is 32.2 Å². The minimum Gasteiger partial charge on any atom is -0.365 e. The summed E-state index contributed by atoms with van der Waals surface area (Å²) in [5.41, 5.74) is 7.58. The summed E-state index contributed by atoms with van der Waals surface area (Å²) in [6, 6.07) is 10.4. The van der Waals surface area contributed by atoms with Crippen LogP contribution in [-0.2, 0) is 6.42 Å². The lowest BCUT2D eigenvalue weighted by Gasteiger charge is -2.26. The average molecular weight is 426 g/mol. The van der Waals surface area contributed by atoms with E-state index in [1.165, 1.54) is 10.7 Å². The van der Waals surface area contributed by atoms with Gasteiger partial charge in [0, 0.05) is 5.69 Å². The fourth-order valence-corrected chi connectivity index (χ4v) is 4.16. The second kappa shape index (κ2) is 7.79. The maximum Gasteiger partial charge on any atom is 0.261 e. The standard InChI is InChI=1S/C21H20ClN5O3/c1-11-17(18(22)27(26-11)12-6-3-2-4-7-12)21(30)25-16-9-5-8-15-13(16)10-14(19(23)28)20(29)24-15/h2-4,6-7,10,16H,5,8-9H2,1H3,(H2,23,28)(H,24,29)(H,25,30). The van der Waals surface area contributed by atoms with Crippen LogP contribution in [0.5, 0.6) is 0 Å². The van der Waals surface area contributed by atoms with E-state index in [1.54, 1.807) is 6.92 Å². The molecule has 3 aromatic rings. The first-order chi connectivity index (χ1) is 14.4. The quantitative estimate of drug-likeness (QED) is 0.593. The number of carbonyl (C=O) groups excluding carboxylic acids is 2. The second-order valence-corrected chi connectivity index (χ2v) is 7.59. The number of nitrogens with one attached hydrogen (secondary N) is 2. The third kappa shape index (κ3) is 3.50. The second-order valence-electron chi connectivity index (χ2n) is 7.23. The fraction of sp³-hybridized carbons (Fsp3) is 0.238. The molecule has 0 aliphatic heterocycles. The highest BCUT2D eigenvalue weighted by Crippen LogP contribution is 2.30. The van der Waals surface area contributed by atoms with Crippen molar-refractivity contribution in [1.82, 2.24) is 20.1 Å². The van der Waals surface area contributed by atoms with Crippen LogP contribution >= 0.6 is 11.6 Å². The number of nitrogens with two attached hydrogens (primary N) is 1. The third-order valence-electron chi connectivity index (χ3n) is 5.26. The molecule has 2 aromatic heterocycles. The normalized spacial score (nSPS) is 15.5. The van der Waals surface area contributed by atoms with E-state index in [4.69, 9.17) is 17.3 Å². The molecule has 0 saturated carbocycles.